The summed E-state index contributed by atoms with van der Waals surface area (Å²) in [4.78, 5) is 10.2. The minimum atomic E-state index is -0.373. The Labute approximate surface area is 95.8 Å². The number of non-ortho nitro benzene ring substituents is 1. The van der Waals surface area contributed by atoms with Crippen molar-refractivity contribution in [3.63, 3.8) is 0 Å². The maximum atomic E-state index is 10.5. The lowest BCUT2D eigenvalue weighted by molar-refractivity contribution is -0.384. The molecule has 0 amide bonds. The number of nitro benzene ring substituents is 1. The zero-order valence-electron chi connectivity index (χ0n) is 9.61. The monoisotopic (exact) mass is 222 g/mol. The molecule has 1 aromatic carbocycles. The van der Waals surface area contributed by atoms with Gasteiger partial charge >= 0.3 is 0 Å². The van der Waals surface area contributed by atoms with Crippen LogP contribution in [0.2, 0.25) is 0 Å². The first-order valence-corrected chi connectivity index (χ1v) is 5.72. The third-order valence-electron chi connectivity index (χ3n) is 2.42. The minimum Gasteiger partial charge on any atom is -0.385 e. The Kier molecular flexibility index (Phi) is 5.32. The van der Waals surface area contributed by atoms with Gasteiger partial charge in [0.15, 0.2) is 0 Å². The van der Waals surface area contributed by atoms with Gasteiger partial charge in [-0.05, 0) is 12.5 Å². The molecule has 0 fully saturated rings. The second kappa shape index (κ2) is 6.82. The highest BCUT2D eigenvalue weighted by molar-refractivity contribution is 5.50. The molecule has 88 valence electrons. The van der Waals surface area contributed by atoms with Crippen molar-refractivity contribution < 1.29 is 4.92 Å². The van der Waals surface area contributed by atoms with Crippen LogP contribution in [0.1, 0.15) is 32.6 Å². The first-order chi connectivity index (χ1) is 7.74. The van der Waals surface area contributed by atoms with E-state index < -0.39 is 0 Å². The Bertz CT molecular complexity index is 340. The average molecular weight is 222 g/mol. The normalized spacial score (nSPS) is 10.1. The van der Waals surface area contributed by atoms with Crippen LogP contribution < -0.4 is 5.32 Å². The van der Waals surface area contributed by atoms with Gasteiger partial charge in [0.25, 0.3) is 5.69 Å². The molecule has 0 heterocycles. The van der Waals surface area contributed by atoms with E-state index in [0.717, 1.165) is 18.7 Å². The SMILES string of the molecule is CCCCCCNc1cccc([N+](=O)[O-])c1. The van der Waals surface area contributed by atoms with Crippen molar-refractivity contribution in [2.75, 3.05) is 11.9 Å². The summed E-state index contributed by atoms with van der Waals surface area (Å²) in [5, 5.41) is 13.7. The summed E-state index contributed by atoms with van der Waals surface area (Å²) in [5.74, 6) is 0. The molecule has 0 saturated carbocycles. The van der Waals surface area contributed by atoms with Crippen molar-refractivity contribution in [3.8, 4) is 0 Å². The van der Waals surface area contributed by atoms with E-state index in [1.165, 1.54) is 25.3 Å². The minimum absolute atomic E-state index is 0.138. The Morgan fingerprint density at radius 3 is 2.81 bits per heavy atom. The molecule has 1 N–H and O–H groups in total. The van der Waals surface area contributed by atoms with Gasteiger partial charge < -0.3 is 5.32 Å². The average Bonchev–Trinajstić information content (AvgIpc) is 2.29. The predicted molar refractivity (Wildman–Crippen MR) is 65.7 cm³/mol. The standard InChI is InChI=1S/C12H18N2O2/c1-2-3-4-5-9-13-11-7-6-8-12(10-11)14(15)16/h6-8,10,13H,2-5,9H2,1H3. The summed E-state index contributed by atoms with van der Waals surface area (Å²) in [6.45, 7) is 3.05. The van der Waals surface area contributed by atoms with Crippen LogP contribution in [0.5, 0.6) is 0 Å². The highest BCUT2D eigenvalue weighted by atomic mass is 16.6. The van der Waals surface area contributed by atoms with Crippen LogP contribution in [0.25, 0.3) is 0 Å². The molecule has 16 heavy (non-hydrogen) atoms. The number of unbranched alkanes of at least 4 members (excludes halogenated alkanes) is 3. The number of nitrogens with one attached hydrogen (secondary N) is 1. The van der Waals surface area contributed by atoms with Crippen molar-refractivity contribution >= 4 is 11.4 Å². The quantitative estimate of drug-likeness (QED) is 0.435. The van der Waals surface area contributed by atoms with Gasteiger partial charge in [0.1, 0.15) is 0 Å². The van der Waals surface area contributed by atoms with Crippen molar-refractivity contribution in [1.82, 2.24) is 0 Å². The van der Waals surface area contributed by atoms with E-state index in [1.54, 1.807) is 12.1 Å². The summed E-state index contributed by atoms with van der Waals surface area (Å²) in [6, 6.07) is 6.63. The maximum Gasteiger partial charge on any atom is 0.271 e. The van der Waals surface area contributed by atoms with Crippen LogP contribution in [0, 0.1) is 10.1 Å². The molecule has 0 unspecified atom stereocenters. The van der Waals surface area contributed by atoms with E-state index >= 15 is 0 Å². The Hall–Kier alpha value is -1.58. The van der Waals surface area contributed by atoms with Crippen LogP contribution in [0.15, 0.2) is 24.3 Å². The van der Waals surface area contributed by atoms with Gasteiger partial charge in [-0.3, -0.25) is 10.1 Å². The summed E-state index contributed by atoms with van der Waals surface area (Å²) in [5.41, 5.74) is 0.962. The van der Waals surface area contributed by atoms with Gasteiger partial charge in [0.05, 0.1) is 4.92 Å². The number of hydrogen-bond donors (Lipinski definition) is 1. The third kappa shape index (κ3) is 4.29. The highest BCUT2D eigenvalue weighted by Gasteiger charge is 2.04. The van der Waals surface area contributed by atoms with E-state index in [-0.39, 0.29) is 10.6 Å². The topological polar surface area (TPSA) is 55.2 Å². The second-order valence-corrected chi connectivity index (χ2v) is 3.79. The number of anilines is 1. The number of benzene rings is 1. The molecule has 0 saturated heterocycles. The van der Waals surface area contributed by atoms with E-state index in [1.807, 2.05) is 6.07 Å². The Morgan fingerprint density at radius 1 is 1.31 bits per heavy atom. The van der Waals surface area contributed by atoms with Gasteiger partial charge in [-0.25, -0.2) is 0 Å². The molecule has 0 spiro atoms. The lowest BCUT2D eigenvalue weighted by Gasteiger charge is -2.05. The second-order valence-electron chi connectivity index (χ2n) is 3.79. The lowest BCUT2D eigenvalue weighted by Crippen LogP contribution is -2.01. The summed E-state index contributed by atoms with van der Waals surface area (Å²) in [6.07, 6.45) is 4.78. The van der Waals surface area contributed by atoms with Gasteiger partial charge in [-0.2, -0.15) is 0 Å². The highest BCUT2D eigenvalue weighted by Crippen LogP contribution is 2.16. The van der Waals surface area contributed by atoms with E-state index in [0.29, 0.717) is 0 Å². The van der Waals surface area contributed by atoms with Crippen molar-refractivity contribution in [3.05, 3.63) is 34.4 Å². The van der Waals surface area contributed by atoms with E-state index in [2.05, 4.69) is 12.2 Å². The van der Waals surface area contributed by atoms with Crippen LogP contribution >= 0.6 is 0 Å². The fourth-order valence-corrected chi connectivity index (χ4v) is 1.51. The molecule has 0 aliphatic heterocycles. The molecular weight excluding hydrogens is 204 g/mol. The molecule has 0 radical (unpaired) electrons. The molecular formula is C12H18N2O2. The number of rotatable bonds is 7. The Morgan fingerprint density at radius 2 is 2.12 bits per heavy atom. The number of nitrogens with zero attached hydrogens (tertiary/aromatic N) is 1. The van der Waals surface area contributed by atoms with E-state index in [9.17, 15) is 10.1 Å². The van der Waals surface area contributed by atoms with Crippen molar-refractivity contribution in [2.45, 2.75) is 32.6 Å². The predicted octanol–water partition coefficient (Wildman–Crippen LogP) is 3.59. The molecule has 4 heteroatoms. The molecule has 0 aliphatic carbocycles. The zero-order valence-corrected chi connectivity index (χ0v) is 9.61. The number of nitro groups is 1. The number of hydrogen-bond acceptors (Lipinski definition) is 3. The Balaban J connectivity index is 2.36. The molecule has 0 aromatic heterocycles. The third-order valence-corrected chi connectivity index (χ3v) is 2.42. The van der Waals surface area contributed by atoms with Gasteiger partial charge in [0.2, 0.25) is 0 Å². The van der Waals surface area contributed by atoms with E-state index in [4.69, 9.17) is 0 Å². The zero-order chi connectivity index (χ0) is 11.8. The smallest absolute Gasteiger partial charge is 0.271 e. The van der Waals surface area contributed by atoms with Crippen LogP contribution in [-0.4, -0.2) is 11.5 Å². The summed E-state index contributed by atoms with van der Waals surface area (Å²) < 4.78 is 0. The molecule has 0 aliphatic rings. The van der Waals surface area contributed by atoms with Crippen LogP contribution in [0.3, 0.4) is 0 Å². The molecule has 4 nitrogen and oxygen atoms in total. The van der Waals surface area contributed by atoms with Crippen LogP contribution in [-0.2, 0) is 0 Å². The first kappa shape index (κ1) is 12.5. The molecule has 0 bridgehead atoms. The fraction of sp³-hybridized carbons (Fsp3) is 0.500. The largest absolute Gasteiger partial charge is 0.385 e. The summed E-state index contributed by atoms with van der Waals surface area (Å²) in [7, 11) is 0. The molecule has 1 aromatic rings. The lowest BCUT2D eigenvalue weighted by atomic mass is 10.2. The van der Waals surface area contributed by atoms with Crippen molar-refractivity contribution in [1.29, 1.82) is 0 Å². The van der Waals surface area contributed by atoms with Gasteiger partial charge in [-0.1, -0.05) is 32.3 Å². The van der Waals surface area contributed by atoms with Crippen molar-refractivity contribution in [2.24, 2.45) is 0 Å². The fourth-order valence-electron chi connectivity index (χ4n) is 1.51. The summed E-state index contributed by atoms with van der Waals surface area (Å²) >= 11 is 0. The van der Waals surface area contributed by atoms with Crippen LogP contribution in [0.4, 0.5) is 11.4 Å². The van der Waals surface area contributed by atoms with Gasteiger partial charge in [0, 0.05) is 24.4 Å². The van der Waals surface area contributed by atoms with Gasteiger partial charge in [-0.15, -0.1) is 0 Å². The maximum absolute atomic E-state index is 10.5. The first-order valence-electron chi connectivity index (χ1n) is 5.72. The molecule has 1 rings (SSSR count). The molecule has 0 atom stereocenters.